The fourth-order valence-electron chi connectivity index (χ4n) is 5.69. The molecule has 2 heteroatoms. The standard InChI is InChI=1S/C26H32F2/c1-3-4-5-6-18-12-22-15-26(28)23(16-24(22)25(27)13-18)21-10-9-19-11-17(2)7-8-20(19)14-21/h3-4,12-13,15-17,19-21H,5-11,14H2,1-2H3/b4-3+/t17?,19-,20?,21-/m1/s1. The van der Waals surface area contributed by atoms with Gasteiger partial charge in [-0.25, -0.2) is 8.78 Å². The first-order valence-corrected chi connectivity index (χ1v) is 11.1. The number of halogens is 2. The molecule has 2 aliphatic carbocycles. The highest BCUT2D eigenvalue weighted by molar-refractivity contribution is 5.85. The molecule has 0 spiro atoms. The minimum atomic E-state index is -0.214. The van der Waals surface area contributed by atoms with Gasteiger partial charge < -0.3 is 0 Å². The monoisotopic (exact) mass is 382 g/mol. The van der Waals surface area contributed by atoms with Gasteiger partial charge in [0.1, 0.15) is 11.6 Å². The molecule has 0 N–H and O–H groups in total. The molecule has 4 rings (SSSR count). The van der Waals surface area contributed by atoms with Gasteiger partial charge in [0.25, 0.3) is 0 Å². The van der Waals surface area contributed by atoms with Gasteiger partial charge in [-0.15, -0.1) is 0 Å². The maximum Gasteiger partial charge on any atom is 0.131 e. The zero-order valence-electron chi connectivity index (χ0n) is 17.2. The molecule has 2 saturated carbocycles. The van der Waals surface area contributed by atoms with Crippen molar-refractivity contribution in [2.75, 3.05) is 0 Å². The van der Waals surface area contributed by atoms with Crippen molar-refractivity contribution >= 4 is 10.8 Å². The van der Waals surface area contributed by atoms with E-state index in [9.17, 15) is 4.39 Å². The Bertz CT molecular complexity index is 866. The summed E-state index contributed by atoms with van der Waals surface area (Å²) in [7, 11) is 0. The van der Waals surface area contributed by atoms with E-state index in [1.54, 1.807) is 12.1 Å². The van der Waals surface area contributed by atoms with Crippen molar-refractivity contribution in [2.45, 2.75) is 71.1 Å². The van der Waals surface area contributed by atoms with Gasteiger partial charge in [0.2, 0.25) is 0 Å². The third-order valence-electron chi connectivity index (χ3n) is 7.23. The molecule has 2 fully saturated rings. The Morgan fingerprint density at radius 1 is 0.929 bits per heavy atom. The van der Waals surface area contributed by atoms with Crippen molar-refractivity contribution in [1.82, 2.24) is 0 Å². The lowest BCUT2D eigenvalue weighted by Crippen LogP contribution is -2.29. The maximum absolute atomic E-state index is 15.0. The second-order valence-electron chi connectivity index (χ2n) is 9.23. The molecule has 2 aliphatic rings. The van der Waals surface area contributed by atoms with Crippen LogP contribution < -0.4 is 0 Å². The van der Waals surface area contributed by atoms with E-state index in [-0.39, 0.29) is 17.6 Å². The van der Waals surface area contributed by atoms with E-state index in [1.165, 1.54) is 25.7 Å². The Morgan fingerprint density at radius 2 is 1.71 bits per heavy atom. The summed E-state index contributed by atoms with van der Waals surface area (Å²) in [6, 6.07) is 6.97. The van der Waals surface area contributed by atoms with Crippen LogP contribution in [0, 0.1) is 29.4 Å². The number of hydrogen-bond donors (Lipinski definition) is 0. The fourth-order valence-corrected chi connectivity index (χ4v) is 5.69. The molecule has 0 saturated heterocycles. The van der Waals surface area contributed by atoms with Crippen LogP contribution in [0.4, 0.5) is 8.78 Å². The van der Waals surface area contributed by atoms with Gasteiger partial charge in [-0.05, 0) is 110 Å². The summed E-state index contributed by atoms with van der Waals surface area (Å²) in [5, 5.41) is 1.27. The zero-order chi connectivity index (χ0) is 19.7. The van der Waals surface area contributed by atoms with Crippen molar-refractivity contribution < 1.29 is 8.78 Å². The number of fused-ring (bicyclic) bond motifs is 2. The SMILES string of the molecule is C/C=C/CCc1cc(F)c2cc([C@@H]3CC[C@@H]4CC(C)CCC4C3)c(F)cc2c1. The van der Waals surface area contributed by atoms with Gasteiger partial charge in [-0.3, -0.25) is 0 Å². The van der Waals surface area contributed by atoms with Crippen molar-refractivity contribution in [1.29, 1.82) is 0 Å². The van der Waals surface area contributed by atoms with Crippen LogP contribution in [0.15, 0.2) is 36.4 Å². The third-order valence-corrected chi connectivity index (χ3v) is 7.23. The van der Waals surface area contributed by atoms with Crippen molar-refractivity contribution in [3.63, 3.8) is 0 Å². The van der Waals surface area contributed by atoms with Crippen LogP contribution >= 0.6 is 0 Å². The third kappa shape index (κ3) is 4.02. The Labute approximate surface area is 168 Å². The summed E-state index contributed by atoms with van der Waals surface area (Å²) in [6.45, 7) is 4.35. The Kier molecular flexibility index (Phi) is 5.85. The van der Waals surface area contributed by atoms with Gasteiger partial charge in [0.15, 0.2) is 0 Å². The van der Waals surface area contributed by atoms with Crippen LogP contribution in [0.5, 0.6) is 0 Å². The molecule has 4 atom stereocenters. The molecule has 0 aliphatic heterocycles. The van der Waals surface area contributed by atoms with Gasteiger partial charge in [0.05, 0.1) is 0 Å². The number of hydrogen-bond acceptors (Lipinski definition) is 0. The number of rotatable bonds is 4. The van der Waals surface area contributed by atoms with Crippen molar-refractivity contribution in [3.8, 4) is 0 Å². The number of allylic oxidation sites excluding steroid dienone is 2. The predicted molar refractivity (Wildman–Crippen MR) is 114 cm³/mol. The molecule has 2 aromatic carbocycles. The van der Waals surface area contributed by atoms with E-state index >= 15 is 4.39 Å². The van der Waals surface area contributed by atoms with Gasteiger partial charge in [0, 0.05) is 5.39 Å². The quantitative estimate of drug-likeness (QED) is 0.471. The highest BCUT2D eigenvalue weighted by Gasteiger charge is 2.35. The molecule has 150 valence electrons. The Morgan fingerprint density at radius 3 is 2.54 bits per heavy atom. The molecule has 0 heterocycles. The van der Waals surface area contributed by atoms with E-state index in [2.05, 4.69) is 13.0 Å². The van der Waals surface area contributed by atoms with Gasteiger partial charge >= 0.3 is 0 Å². The lowest BCUT2D eigenvalue weighted by atomic mass is 9.64. The largest absolute Gasteiger partial charge is 0.207 e. The molecule has 0 aromatic heterocycles. The first-order valence-electron chi connectivity index (χ1n) is 11.1. The summed E-state index contributed by atoms with van der Waals surface area (Å²) >= 11 is 0. The molecular weight excluding hydrogens is 350 g/mol. The van der Waals surface area contributed by atoms with Crippen LogP contribution in [-0.4, -0.2) is 0 Å². The second kappa shape index (κ2) is 8.35. The molecular formula is C26H32F2. The van der Waals surface area contributed by atoms with Crippen LogP contribution in [0.2, 0.25) is 0 Å². The molecule has 0 radical (unpaired) electrons. The van der Waals surface area contributed by atoms with Crippen LogP contribution in [-0.2, 0) is 6.42 Å². The van der Waals surface area contributed by atoms with Crippen LogP contribution in [0.1, 0.15) is 75.8 Å². The fraction of sp³-hybridized carbons (Fsp3) is 0.538. The van der Waals surface area contributed by atoms with Crippen molar-refractivity contribution in [2.24, 2.45) is 17.8 Å². The Balaban J connectivity index is 1.59. The summed E-state index contributed by atoms with van der Waals surface area (Å²) in [6.07, 6.45) is 13.0. The average Bonchev–Trinajstić information content (AvgIpc) is 2.67. The number of aryl methyl sites for hydroxylation is 1. The summed E-state index contributed by atoms with van der Waals surface area (Å²) in [4.78, 5) is 0. The minimum Gasteiger partial charge on any atom is -0.207 e. The van der Waals surface area contributed by atoms with E-state index in [0.717, 1.165) is 54.6 Å². The molecule has 0 bridgehead atoms. The molecule has 0 nitrogen and oxygen atoms in total. The average molecular weight is 383 g/mol. The van der Waals surface area contributed by atoms with E-state index in [1.807, 2.05) is 25.1 Å². The smallest absolute Gasteiger partial charge is 0.131 e. The highest BCUT2D eigenvalue weighted by Crippen LogP contribution is 2.48. The van der Waals surface area contributed by atoms with Crippen LogP contribution in [0.3, 0.4) is 0 Å². The van der Waals surface area contributed by atoms with E-state index in [4.69, 9.17) is 0 Å². The highest BCUT2D eigenvalue weighted by atomic mass is 19.1. The summed E-state index contributed by atoms with van der Waals surface area (Å²) in [5.41, 5.74) is 1.68. The maximum atomic E-state index is 15.0. The topological polar surface area (TPSA) is 0 Å². The van der Waals surface area contributed by atoms with E-state index in [0.29, 0.717) is 10.8 Å². The molecule has 28 heavy (non-hydrogen) atoms. The predicted octanol–water partition coefficient (Wildman–Crippen LogP) is 7.95. The normalized spacial score (nSPS) is 28.0. The first-order chi connectivity index (χ1) is 13.5. The first kappa shape index (κ1) is 19.6. The van der Waals surface area contributed by atoms with E-state index < -0.39 is 0 Å². The number of benzene rings is 2. The lowest BCUT2D eigenvalue weighted by Gasteiger charge is -2.41. The van der Waals surface area contributed by atoms with Gasteiger partial charge in [-0.2, -0.15) is 0 Å². The molecule has 0 amide bonds. The Hall–Kier alpha value is -1.70. The zero-order valence-corrected chi connectivity index (χ0v) is 17.2. The molecule has 2 aromatic rings. The van der Waals surface area contributed by atoms with Crippen molar-refractivity contribution in [3.05, 3.63) is 59.2 Å². The summed E-state index contributed by atoms with van der Waals surface area (Å²) in [5.74, 6) is 2.27. The second-order valence-corrected chi connectivity index (χ2v) is 9.23. The molecule has 2 unspecified atom stereocenters. The van der Waals surface area contributed by atoms with Crippen LogP contribution in [0.25, 0.3) is 10.8 Å². The minimum absolute atomic E-state index is 0.148. The lowest BCUT2D eigenvalue weighted by molar-refractivity contribution is 0.124. The summed E-state index contributed by atoms with van der Waals surface area (Å²) < 4.78 is 29.8. The van der Waals surface area contributed by atoms with Gasteiger partial charge in [-0.1, -0.05) is 31.6 Å².